The first-order valence-electron chi connectivity index (χ1n) is 9.91. The predicted molar refractivity (Wildman–Crippen MR) is 122 cm³/mol. The van der Waals surface area contributed by atoms with Gasteiger partial charge in [0.2, 0.25) is 5.88 Å². The molecule has 1 aromatic carbocycles. The number of aromatic nitrogens is 2. The molecule has 2 heterocycles. The maximum atomic E-state index is 12.8. The second kappa shape index (κ2) is 9.89. The first-order valence-corrected chi connectivity index (χ1v) is 10.7. The number of carbonyl (C=O) groups excluding carboxylic acids is 1. The molecular weight excluding hydrogens is 478 g/mol. The number of carbonyl (C=O) groups is 1. The minimum atomic E-state index is -0.697. The van der Waals surface area contributed by atoms with Crippen LogP contribution in [0.5, 0.6) is 5.88 Å². The van der Waals surface area contributed by atoms with E-state index >= 15 is 0 Å². The number of fused-ring (bicyclic) bond motifs is 1. The molecule has 0 atom stereocenters. The molecule has 0 unspecified atom stereocenters. The summed E-state index contributed by atoms with van der Waals surface area (Å²) in [4.78, 5) is 25.3. The number of nitriles is 1. The number of benzene rings is 1. The van der Waals surface area contributed by atoms with Crippen molar-refractivity contribution in [2.45, 2.75) is 40.0 Å². The number of amides is 1. The van der Waals surface area contributed by atoms with E-state index in [1.165, 1.54) is 11.7 Å². The molecule has 0 aliphatic heterocycles. The molecule has 10 heteroatoms. The van der Waals surface area contributed by atoms with Crippen LogP contribution < -0.4 is 5.56 Å². The number of aromatic hydroxyl groups is 1. The van der Waals surface area contributed by atoms with Gasteiger partial charge >= 0.3 is 0 Å². The van der Waals surface area contributed by atoms with E-state index in [-0.39, 0.29) is 23.7 Å². The Morgan fingerprint density at radius 3 is 2.69 bits per heavy atom. The lowest BCUT2D eigenvalue weighted by atomic mass is 10.1. The van der Waals surface area contributed by atoms with Crippen LogP contribution in [0.3, 0.4) is 0 Å². The third kappa shape index (κ3) is 4.22. The number of halogens is 1. The molecule has 2 aromatic heterocycles. The van der Waals surface area contributed by atoms with Crippen LogP contribution in [0.4, 0.5) is 5.69 Å². The number of hydrogen-bond acceptors (Lipinski definition) is 6. The minimum absolute atomic E-state index is 0.0728. The van der Waals surface area contributed by atoms with Gasteiger partial charge in [-0.25, -0.2) is 0 Å². The number of azo groups is 1. The molecule has 1 N–H and O–H groups in total. The SMILES string of the molecule is CCCn1c(O)c(N=NC(=O)Cn2c(C)c(Br)c(COC)c(C#N)c2=O)c2ccccc21. The lowest BCUT2D eigenvalue weighted by Gasteiger charge is -2.14. The average molecular weight is 500 g/mol. The normalized spacial score (nSPS) is 11.3. The predicted octanol–water partition coefficient (Wildman–Crippen LogP) is 4.32. The van der Waals surface area contributed by atoms with E-state index in [0.717, 1.165) is 11.9 Å². The standard InChI is InChI=1S/C22H22BrN5O4/c1-4-9-27-17-8-6-5-7-14(17)20(22(27)31)26-25-18(29)11-28-13(2)19(23)16(12-32-3)15(10-24)21(28)30/h5-8,31H,4,9,11-12H2,1-3H3. The van der Waals surface area contributed by atoms with Crippen molar-refractivity contribution in [2.75, 3.05) is 7.11 Å². The van der Waals surface area contributed by atoms with Gasteiger partial charge in [0.05, 0.1) is 12.1 Å². The van der Waals surface area contributed by atoms with Gasteiger partial charge in [-0.15, -0.1) is 10.2 Å². The van der Waals surface area contributed by atoms with Crippen LogP contribution >= 0.6 is 15.9 Å². The molecule has 0 saturated carbocycles. The summed E-state index contributed by atoms with van der Waals surface area (Å²) in [6.45, 7) is 3.91. The number of aryl methyl sites for hydroxylation is 1. The number of pyridine rings is 1. The molecule has 0 radical (unpaired) electrons. The Kier molecular flexibility index (Phi) is 7.22. The first-order chi connectivity index (χ1) is 15.3. The number of para-hydroxylation sites is 1. The van der Waals surface area contributed by atoms with Crippen molar-refractivity contribution in [1.29, 1.82) is 5.26 Å². The van der Waals surface area contributed by atoms with E-state index in [4.69, 9.17) is 4.74 Å². The van der Waals surface area contributed by atoms with E-state index < -0.39 is 18.0 Å². The van der Waals surface area contributed by atoms with Crippen molar-refractivity contribution < 1.29 is 14.6 Å². The van der Waals surface area contributed by atoms with Gasteiger partial charge in [0.25, 0.3) is 11.5 Å². The van der Waals surface area contributed by atoms with Crippen LogP contribution in [0.25, 0.3) is 10.9 Å². The van der Waals surface area contributed by atoms with Gasteiger partial charge in [-0.1, -0.05) is 25.1 Å². The third-order valence-corrected chi connectivity index (χ3v) is 6.12. The Balaban J connectivity index is 1.97. The summed E-state index contributed by atoms with van der Waals surface area (Å²) in [6.07, 6.45) is 0.805. The Morgan fingerprint density at radius 1 is 1.31 bits per heavy atom. The molecular formula is C22H22BrN5O4. The van der Waals surface area contributed by atoms with Crippen molar-refractivity contribution in [3.05, 3.63) is 55.9 Å². The highest BCUT2D eigenvalue weighted by molar-refractivity contribution is 9.10. The van der Waals surface area contributed by atoms with Gasteiger partial charge in [0.1, 0.15) is 18.2 Å². The molecule has 0 bridgehead atoms. The Bertz CT molecular complexity index is 1320. The smallest absolute Gasteiger partial charge is 0.284 e. The topological polar surface area (TPSA) is 122 Å². The van der Waals surface area contributed by atoms with Crippen LogP contribution in [0, 0.1) is 18.3 Å². The van der Waals surface area contributed by atoms with E-state index in [0.29, 0.717) is 27.7 Å². The molecule has 32 heavy (non-hydrogen) atoms. The highest BCUT2D eigenvalue weighted by Crippen LogP contribution is 2.38. The molecule has 9 nitrogen and oxygen atoms in total. The fraction of sp³-hybridized carbons (Fsp3) is 0.318. The summed E-state index contributed by atoms with van der Waals surface area (Å²) in [5, 5.41) is 28.4. The van der Waals surface area contributed by atoms with Crippen molar-refractivity contribution >= 4 is 38.4 Å². The zero-order chi connectivity index (χ0) is 23.4. The fourth-order valence-corrected chi connectivity index (χ4v) is 4.07. The number of ether oxygens (including phenoxy) is 1. The molecule has 166 valence electrons. The maximum absolute atomic E-state index is 12.8. The van der Waals surface area contributed by atoms with Gasteiger partial charge in [-0.2, -0.15) is 5.26 Å². The van der Waals surface area contributed by atoms with Gasteiger partial charge in [-0.3, -0.25) is 9.59 Å². The van der Waals surface area contributed by atoms with Crippen molar-refractivity contribution in [1.82, 2.24) is 9.13 Å². The highest BCUT2D eigenvalue weighted by Gasteiger charge is 2.20. The molecule has 0 spiro atoms. The van der Waals surface area contributed by atoms with Crippen molar-refractivity contribution in [3.63, 3.8) is 0 Å². The Hall–Kier alpha value is -3.29. The van der Waals surface area contributed by atoms with Crippen molar-refractivity contribution in [2.24, 2.45) is 10.2 Å². The summed E-state index contributed by atoms with van der Waals surface area (Å²) < 4.78 is 8.48. The maximum Gasteiger partial charge on any atom is 0.284 e. The Labute approximate surface area is 192 Å². The zero-order valence-corrected chi connectivity index (χ0v) is 19.5. The molecule has 3 aromatic rings. The monoisotopic (exact) mass is 499 g/mol. The van der Waals surface area contributed by atoms with Gasteiger partial charge < -0.3 is 19.0 Å². The van der Waals surface area contributed by atoms with E-state index in [2.05, 4.69) is 26.2 Å². The molecule has 0 aliphatic carbocycles. The van der Waals surface area contributed by atoms with Crippen LogP contribution in [-0.2, 0) is 29.2 Å². The molecule has 1 amide bonds. The summed E-state index contributed by atoms with van der Waals surface area (Å²) in [6, 6.07) is 9.20. The zero-order valence-electron chi connectivity index (χ0n) is 17.9. The lowest BCUT2D eigenvalue weighted by molar-refractivity contribution is -0.118. The van der Waals surface area contributed by atoms with Gasteiger partial charge in [0, 0.05) is 34.8 Å². The number of nitrogens with zero attached hydrogens (tertiary/aromatic N) is 5. The summed E-state index contributed by atoms with van der Waals surface area (Å²) in [5.74, 6) is -0.770. The van der Waals surface area contributed by atoms with E-state index in [9.17, 15) is 20.0 Å². The fourth-order valence-electron chi connectivity index (χ4n) is 3.54. The first kappa shape index (κ1) is 23.4. The van der Waals surface area contributed by atoms with Gasteiger partial charge in [0.15, 0.2) is 5.69 Å². The Morgan fingerprint density at radius 2 is 2.03 bits per heavy atom. The van der Waals surface area contributed by atoms with Gasteiger partial charge in [-0.05, 0) is 35.3 Å². The summed E-state index contributed by atoms with van der Waals surface area (Å²) in [7, 11) is 1.46. The second-order valence-corrected chi connectivity index (χ2v) is 7.92. The number of rotatable bonds is 7. The minimum Gasteiger partial charge on any atom is -0.493 e. The summed E-state index contributed by atoms with van der Waals surface area (Å²) >= 11 is 3.39. The quantitative estimate of drug-likeness (QED) is 0.485. The van der Waals surface area contributed by atoms with E-state index in [1.54, 1.807) is 17.6 Å². The molecule has 0 saturated heterocycles. The third-order valence-electron chi connectivity index (χ3n) is 5.07. The number of methoxy groups -OCH3 is 1. The molecule has 0 fully saturated rings. The molecule has 3 rings (SSSR count). The van der Waals surface area contributed by atoms with Crippen LogP contribution in [0.15, 0.2) is 43.8 Å². The number of hydrogen-bond donors (Lipinski definition) is 1. The van der Waals surface area contributed by atoms with E-state index in [1.807, 2.05) is 31.2 Å². The lowest BCUT2D eigenvalue weighted by Crippen LogP contribution is -2.29. The largest absolute Gasteiger partial charge is 0.493 e. The molecule has 0 aliphatic rings. The van der Waals surface area contributed by atoms with Crippen LogP contribution in [0.1, 0.15) is 30.2 Å². The average Bonchev–Trinajstić information content (AvgIpc) is 3.05. The van der Waals surface area contributed by atoms with Crippen LogP contribution in [0.2, 0.25) is 0 Å². The van der Waals surface area contributed by atoms with Crippen molar-refractivity contribution in [3.8, 4) is 11.9 Å². The summed E-state index contributed by atoms with van der Waals surface area (Å²) in [5.41, 5.74) is 1.17. The second-order valence-electron chi connectivity index (χ2n) is 7.12. The van der Waals surface area contributed by atoms with Crippen LogP contribution in [-0.4, -0.2) is 27.3 Å². The highest BCUT2D eigenvalue weighted by atomic mass is 79.9.